The van der Waals surface area contributed by atoms with Crippen LogP contribution in [0, 0.1) is 0 Å². The van der Waals surface area contributed by atoms with E-state index in [1.54, 1.807) is 12.1 Å². The first-order valence-corrected chi connectivity index (χ1v) is 8.64. The standard InChI is InChI=1S/C20H26O7/c1-25-17-11-14(6-7-15(17)23)20(24)19(12-22)27-16-8-5-13(4-3-9-21)10-18(16)26-2/h5-8,10-11,19-24H,3-4,9,12H2,1-2H3/t19-,20-/m1/s1. The zero-order valence-corrected chi connectivity index (χ0v) is 15.5. The average molecular weight is 378 g/mol. The van der Waals surface area contributed by atoms with Gasteiger partial charge in [0, 0.05) is 6.61 Å². The molecule has 0 aromatic heterocycles. The predicted molar refractivity (Wildman–Crippen MR) is 99.5 cm³/mol. The molecule has 0 aliphatic heterocycles. The van der Waals surface area contributed by atoms with E-state index in [0.29, 0.717) is 29.9 Å². The molecule has 0 unspecified atom stereocenters. The summed E-state index contributed by atoms with van der Waals surface area (Å²) in [6.07, 6.45) is -0.754. The molecule has 0 radical (unpaired) electrons. The SMILES string of the molecule is COc1cc([C@@H](O)[C@@H](CO)Oc2ccc(CCCO)cc2OC)ccc1O. The summed E-state index contributed by atoms with van der Waals surface area (Å²) < 4.78 is 16.2. The van der Waals surface area contributed by atoms with Crippen molar-refractivity contribution in [2.24, 2.45) is 0 Å². The molecule has 2 aromatic carbocycles. The first kappa shape index (κ1) is 20.8. The highest BCUT2D eigenvalue weighted by molar-refractivity contribution is 5.44. The van der Waals surface area contributed by atoms with Gasteiger partial charge in [-0.3, -0.25) is 0 Å². The minimum atomic E-state index is -1.15. The maximum absolute atomic E-state index is 10.6. The Hall–Kier alpha value is -2.48. The van der Waals surface area contributed by atoms with Crippen LogP contribution in [-0.4, -0.2) is 54.0 Å². The molecule has 0 heterocycles. The molecule has 0 saturated carbocycles. The van der Waals surface area contributed by atoms with E-state index >= 15 is 0 Å². The fourth-order valence-corrected chi connectivity index (χ4v) is 2.71. The lowest BCUT2D eigenvalue weighted by Crippen LogP contribution is -2.29. The topological polar surface area (TPSA) is 109 Å². The van der Waals surface area contributed by atoms with E-state index in [0.717, 1.165) is 5.56 Å². The largest absolute Gasteiger partial charge is 0.504 e. The number of benzene rings is 2. The van der Waals surface area contributed by atoms with E-state index < -0.39 is 18.8 Å². The zero-order valence-electron chi connectivity index (χ0n) is 15.5. The minimum absolute atomic E-state index is 0.0462. The third kappa shape index (κ3) is 5.26. The first-order chi connectivity index (χ1) is 13.0. The van der Waals surface area contributed by atoms with Crippen molar-refractivity contribution < 1.29 is 34.6 Å². The Morgan fingerprint density at radius 1 is 0.926 bits per heavy atom. The van der Waals surface area contributed by atoms with Gasteiger partial charge < -0.3 is 34.6 Å². The van der Waals surface area contributed by atoms with Gasteiger partial charge in [-0.15, -0.1) is 0 Å². The van der Waals surface area contributed by atoms with Gasteiger partial charge in [-0.1, -0.05) is 12.1 Å². The lowest BCUT2D eigenvalue weighted by molar-refractivity contribution is -0.000525. The Kier molecular flexibility index (Phi) is 7.72. The van der Waals surface area contributed by atoms with Crippen LogP contribution in [-0.2, 0) is 6.42 Å². The second-order valence-electron chi connectivity index (χ2n) is 6.03. The summed E-state index contributed by atoms with van der Waals surface area (Å²) in [6, 6.07) is 9.78. The van der Waals surface area contributed by atoms with Crippen molar-refractivity contribution in [1.29, 1.82) is 0 Å². The van der Waals surface area contributed by atoms with Gasteiger partial charge in [0.25, 0.3) is 0 Å². The average Bonchev–Trinajstić information content (AvgIpc) is 2.70. The molecule has 0 saturated heterocycles. The number of aromatic hydroxyl groups is 1. The van der Waals surface area contributed by atoms with E-state index in [9.17, 15) is 15.3 Å². The third-order valence-electron chi connectivity index (χ3n) is 4.21. The van der Waals surface area contributed by atoms with Crippen LogP contribution in [0.5, 0.6) is 23.0 Å². The fraction of sp³-hybridized carbons (Fsp3) is 0.400. The van der Waals surface area contributed by atoms with Crippen molar-refractivity contribution in [2.75, 3.05) is 27.4 Å². The maximum Gasteiger partial charge on any atom is 0.161 e. The van der Waals surface area contributed by atoms with Crippen molar-refractivity contribution >= 4 is 0 Å². The zero-order chi connectivity index (χ0) is 19.8. The molecule has 0 aliphatic carbocycles. The highest BCUT2D eigenvalue weighted by Crippen LogP contribution is 2.34. The molecule has 27 heavy (non-hydrogen) atoms. The molecule has 4 N–H and O–H groups in total. The van der Waals surface area contributed by atoms with Gasteiger partial charge in [0.15, 0.2) is 29.1 Å². The van der Waals surface area contributed by atoms with Crippen LogP contribution in [0.2, 0.25) is 0 Å². The fourth-order valence-electron chi connectivity index (χ4n) is 2.71. The Morgan fingerprint density at radius 3 is 2.30 bits per heavy atom. The first-order valence-electron chi connectivity index (χ1n) is 8.64. The number of aryl methyl sites for hydroxylation is 1. The molecule has 0 amide bonds. The molecule has 2 aromatic rings. The molecular weight excluding hydrogens is 352 g/mol. The lowest BCUT2D eigenvalue weighted by Gasteiger charge is -2.24. The monoisotopic (exact) mass is 378 g/mol. The number of hydrogen-bond acceptors (Lipinski definition) is 7. The molecule has 0 spiro atoms. The summed E-state index contributed by atoms with van der Waals surface area (Å²) >= 11 is 0. The van der Waals surface area contributed by atoms with Crippen LogP contribution in [0.4, 0.5) is 0 Å². The summed E-state index contributed by atoms with van der Waals surface area (Å²) in [7, 11) is 2.92. The number of phenols is 1. The minimum Gasteiger partial charge on any atom is -0.504 e. The van der Waals surface area contributed by atoms with Gasteiger partial charge >= 0.3 is 0 Å². The number of phenolic OH excluding ortho intramolecular Hbond substituents is 1. The summed E-state index contributed by atoms with van der Waals surface area (Å²) in [5.41, 5.74) is 1.42. The number of aliphatic hydroxyl groups excluding tert-OH is 3. The lowest BCUT2D eigenvalue weighted by atomic mass is 10.0. The Morgan fingerprint density at radius 2 is 1.67 bits per heavy atom. The molecule has 0 fully saturated rings. The van der Waals surface area contributed by atoms with Gasteiger partial charge in [-0.25, -0.2) is 0 Å². The number of rotatable bonds is 10. The van der Waals surface area contributed by atoms with E-state index in [1.807, 2.05) is 6.07 Å². The van der Waals surface area contributed by atoms with Crippen LogP contribution in [0.15, 0.2) is 36.4 Å². The molecule has 2 rings (SSSR count). The predicted octanol–water partition coefficient (Wildman–Crippen LogP) is 1.81. The van der Waals surface area contributed by atoms with Crippen LogP contribution in [0.3, 0.4) is 0 Å². The van der Waals surface area contributed by atoms with Gasteiger partial charge in [0.05, 0.1) is 20.8 Å². The summed E-state index contributed by atoms with van der Waals surface area (Å²) in [6.45, 7) is -0.324. The van der Waals surface area contributed by atoms with Crippen molar-refractivity contribution in [1.82, 2.24) is 0 Å². The van der Waals surface area contributed by atoms with Crippen LogP contribution >= 0.6 is 0 Å². The van der Waals surface area contributed by atoms with Gasteiger partial charge in [0.1, 0.15) is 6.10 Å². The molecule has 148 valence electrons. The smallest absolute Gasteiger partial charge is 0.161 e. The summed E-state index contributed by atoms with van der Waals surface area (Å²) in [5.74, 6) is 1.03. The number of ether oxygens (including phenoxy) is 3. The van der Waals surface area contributed by atoms with Crippen molar-refractivity contribution in [3.05, 3.63) is 47.5 Å². The highest BCUT2D eigenvalue weighted by Gasteiger charge is 2.24. The van der Waals surface area contributed by atoms with Gasteiger partial charge in [0.2, 0.25) is 0 Å². The third-order valence-corrected chi connectivity index (χ3v) is 4.21. The molecular formula is C20H26O7. The normalized spacial score (nSPS) is 13.1. The van der Waals surface area contributed by atoms with Crippen LogP contribution < -0.4 is 14.2 Å². The van der Waals surface area contributed by atoms with E-state index in [4.69, 9.17) is 19.3 Å². The number of hydrogen-bond donors (Lipinski definition) is 4. The highest BCUT2D eigenvalue weighted by atomic mass is 16.5. The second kappa shape index (κ2) is 10.0. The molecule has 0 bridgehead atoms. The van der Waals surface area contributed by atoms with E-state index in [2.05, 4.69) is 0 Å². The molecule has 7 heteroatoms. The molecule has 0 aliphatic rings. The van der Waals surface area contributed by atoms with E-state index in [1.165, 1.54) is 32.4 Å². The number of aliphatic hydroxyl groups is 3. The van der Waals surface area contributed by atoms with Crippen molar-refractivity contribution in [3.63, 3.8) is 0 Å². The van der Waals surface area contributed by atoms with Gasteiger partial charge in [-0.2, -0.15) is 0 Å². The van der Waals surface area contributed by atoms with E-state index in [-0.39, 0.29) is 18.1 Å². The Bertz CT molecular complexity index is 732. The van der Waals surface area contributed by atoms with Gasteiger partial charge in [-0.05, 0) is 48.2 Å². The Balaban J connectivity index is 2.20. The molecule has 7 nitrogen and oxygen atoms in total. The molecule has 2 atom stereocenters. The van der Waals surface area contributed by atoms with Crippen LogP contribution in [0.25, 0.3) is 0 Å². The second-order valence-corrected chi connectivity index (χ2v) is 6.03. The quantitative estimate of drug-likeness (QED) is 0.499. The number of methoxy groups -OCH3 is 2. The maximum atomic E-state index is 10.6. The van der Waals surface area contributed by atoms with Crippen molar-refractivity contribution in [3.8, 4) is 23.0 Å². The summed E-state index contributed by atoms with van der Waals surface area (Å²) in [5, 5.41) is 38.9. The summed E-state index contributed by atoms with van der Waals surface area (Å²) in [4.78, 5) is 0. The van der Waals surface area contributed by atoms with Crippen LogP contribution in [0.1, 0.15) is 23.7 Å². The Labute approximate surface area is 158 Å². The van der Waals surface area contributed by atoms with Crippen molar-refractivity contribution in [2.45, 2.75) is 25.0 Å².